The van der Waals surface area contributed by atoms with E-state index in [1.165, 1.54) is 0 Å². The number of anilines is 1. The number of aliphatic hydroxyl groups is 1. The molecule has 1 aromatic heterocycles. The fourth-order valence-corrected chi connectivity index (χ4v) is 4.84. The first-order chi connectivity index (χ1) is 16.4. The summed E-state index contributed by atoms with van der Waals surface area (Å²) in [7, 11) is 0. The number of benzene rings is 2. The van der Waals surface area contributed by atoms with Crippen LogP contribution in [0.3, 0.4) is 0 Å². The molecule has 5 rings (SSSR count). The third-order valence-electron chi connectivity index (χ3n) is 6.52. The molecule has 3 N–H and O–H groups in total. The third kappa shape index (κ3) is 3.76. The van der Waals surface area contributed by atoms with Crippen LogP contribution in [0.4, 0.5) is 10.5 Å². The van der Waals surface area contributed by atoms with Crippen molar-refractivity contribution < 1.29 is 24.5 Å². The lowest BCUT2D eigenvalue weighted by Gasteiger charge is -2.45. The average Bonchev–Trinajstić information content (AvgIpc) is 2.82. The maximum absolute atomic E-state index is 12.4. The maximum Gasteiger partial charge on any atom is 0.405 e. The predicted octanol–water partition coefficient (Wildman–Crippen LogP) is 3.78. The van der Waals surface area contributed by atoms with E-state index in [-0.39, 0.29) is 12.5 Å². The van der Waals surface area contributed by atoms with E-state index in [9.17, 15) is 19.8 Å². The fourth-order valence-electron chi connectivity index (χ4n) is 4.84. The van der Waals surface area contributed by atoms with Gasteiger partial charge in [0.2, 0.25) is 5.88 Å². The van der Waals surface area contributed by atoms with Crippen molar-refractivity contribution in [3.05, 3.63) is 66.2 Å². The van der Waals surface area contributed by atoms with E-state index in [2.05, 4.69) is 5.32 Å². The molecular formula is C26H25N3O5. The second-order valence-corrected chi connectivity index (χ2v) is 8.65. The van der Waals surface area contributed by atoms with Gasteiger partial charge in [-0.1, -0.05) is 54.6 Å². The number of aliphatic hydroxyl groups excluding tert-OH is 1. The molecule has 0 spiro atoms. The van der Waals surface area contributed by atoms with Crippen molar-refractivity contribution in [3.8, 4) is 28.3 Å². The molecular weight excluding hydrogens is 434 g/mol. The van der Waals surface area contributed by atoms with Crippen LogP contribution >= 0.6 is 0 Å². The van der Waals surface area contributed by atoms with Gasteiger partial charge >= 0.3 is 6.09 Å². The molecule has 1 fully saturated rings. The molecule has 3 aromatic rings. The van der Waals surface area contributed by atoms with Crippen molar-refractivity contribution >= 4 is 17.7 Å². The number of pyridine rings is 1. The highest BCUT2D eigenvalue weighted by atomic mass is 16.5. The summed E-state index contributed by atoms with van der Waals surface area (Å²) in [5, 5.41) is 21.7. The largest absolute Gasteiger partial charge is 0.466 e. The number of nitrogens with one attached hydrogen (secondary N) is 1. The van der Waals surface area contributed by atoms with Gasteiger partial charge in [0.15, 0.2) is 6.61 Å². The van der Waals surface area contributed by atoms with Crippen LogP contribution in [-0.2, 0) is 10.3 Å². The highest BCUT2D eigenvalue weighted by Gasteiger charge is 2.46. The summed E-state index contributed by atoms with van der Waals surface area (Å²) in [6.07, 6.45) is -0.981. The van der Waals surface area contributed by atoms with E-state index in [0.29, 0.717) is 36.6 Å². The maximum atomic E-state index is 12.4. The molecule has 0 unspecified atom stereocenters. The first-order valence-electron chi connectivity index (χ1n) is 11.2. The van der Waals surface area contributed by atoms with Gasteiger partial charge in [0.05, 0.1) is 17.3 Å². The molecule has 0 saturated heterocycles. The first kappa shape index (κ1) is 21.9. The number of ether oxygens (including phenoxy) is 1. The minimum absolute atomic E-state index is 0.0530. The number of nitrogens with zero attached hydrogens (tertiary/aromatic N) is 2. The zero-order chi connectivity index (χ0) is 23.9. The lowest BCUT2D eigenvalue weighted by atomic mass is 9.69. The van der Waals surface area contributed by atoms with E-state index in [0.717, 1.165) is 22.3 Å². The summed E-state index contributed by atoms with van der Waals surface area (Å²) in [5.74, 6) is 0.304. The molecule has 1 aliphatic carbocycles. The number of rotatable bonds is 5. The van der Waals surface area contributed by atoms with E-state index in [1.807, 2.05) is 67.6 Å². The number of likely N-dealkylation sites (N-methyl/N-ethyl adjacent to an activating group) is 1. The molecule has 2 aromatic carbocycles. The molecule has 0 radical (unpaired) electrons. The lowest BCUT2D eigenvalue weighted by molar-refractivity contribution is -0.121. The highest BCUT2D eigenvalue weighted by Crippen LogP contribution is 2.43. The molecule has 34 heavy (non-hydrogen) atoms. The molecule has 1 aliphatic heterocycles. The number of carboxylic acid groups (broad SMARTS) is 1. The van der Waals surface area contributed by atoms with Crippen LogP contribution < -0.4 is 15.0 Å². The minimum Gasteiger partial charge on any atom is -0.466 e. The Kier molecular flexibility index (Phi) is 5.45. The van der Waals surface area contributed by atoms with Crippen molar-refractivity contribution in [2.75, 3.05) is 18.1 Å². The highest BCUT2D eigenvalue weighted by molar-refractivity contribution is 5.99. The molecule has 1 saturated carbocycles. The van der Waals surface area contributed by atoms with Crippen molar-refractivity contribution in [3.63, 3.8) is 0 Å². The van der Waals surface area contributed by atoms with Gasteiger partial charge in [0.25, 0.3) is 5.91 Å². The summed E-state index contributed by atoms with van der Waals surface area (Å²) < 4.78 is 5.68. The van der Waals surface area contributed by atoms with E-state index in [4.69, 9.17) is 9.72 Å². The Morgan fingerprint density at radius 3 is 2.47 bits per heavy atom. The molecule has 8 nitrogen and oxygen atoms in total. The second-order valence-electron chi connectivity index (χ2n) is 8.65. The van der Waals surface area contributed by atoms with Crippen LogP contribution in [0.1, 0.15) is 25.3 Å². The van der Waals surface area contributed by atoms with Crippen LogP contribution in [0.5, 0.6) is 5.88 Å². The van der Waals surface area contributed by atoms with Crippen molar-refractivity contribution in [1.29, 1.82) is 0 Å². The summed E-state index contributed by atoms with van der Waals surface area (Å²) in [5.41, 5.74) is 4.00. The van der Waals surface area contributed by atoms with E-state index in [1.54, 1.807) is 4.90 Å². The summed E-state index contributed by atoms with van der Waals surface area (Å²) in [6, 6.07) is 19.3. The molecule has 174 valence electrons. The van der Waals surface area contributed by atoms with Gasteiger partial charge in [-0.2, -0.15) is 0 Å². The topological polar surface area (TPSA) is 112 Å². The van der Waals surface area contributed by atoms with Crippen LogP contribution in [0.15, 0.2) is 60.7 Å². The zero-order valence-corrected chi connectivity index (χ0v) is 18.7. The Bertz CT molecular complexity index is 1240. The number of aromatic nitrogens is 1. The molecule has 8 heteroatoms. The van der Waals surface area contributed by atoms with Gasteiger partial charge in [-0.05, 0) is 24.1 Å². The van der Waals surface area contributed by atoms with Crippen molar-refractivity contribution in [2.45, 2.75) is 31.4 Å². The number of amides is 2. The lowest BCUT2D eigenvalue weighted by Crippen LogP contribution is -2.56. The van der Waals surface area contributed by atoms with Gasteiger partial charge < -0.3 is 25.2 Å². The second kappa shape index (κ2) is 8.46. The van der Waals surface area contributed by atoms with Crippen LogP contribution in [-0.4, -0.2) is 46.5 Å². The SMILES string of the molecule is CCN1C(=O)COc2nc(-c3ccc(C4(NC(=O)O)CC(O)C4)cc3)c(-c3ccccc3)cc21. The normalized spacial score (nSPS) is 21.3. The summed E-state index contributed by atoms with van der Waals surface area (Å²) in [4.78, 5) is 30.2. The Balaban J connectivity index is 1.60. The Morgan fingerprint density at radius 2 is 1.85 bits per heavy atom. The molecule has 2 amide bonds. The Labute approximate surface area is 196 Å². The van der Waals surface area contributed by atoms with Crippen molar-refractivity contribution in [1.82, 2.24) is 10.3 Å². The number of hydrogen-bond acceptors (Lipinski definition) is 5. The number of carbonyl (C=O) groups excluding carboxylic acids is 1. The van der Waals surface area contributed by atoms with Gasteiger partial charge in [-0.25, -0.2) is 9.78 Å². The quantitative estimate of drug-likeness (QED) is 0.535. The first-order valence-corrected chi connectivity index (χ1v) is 11.2. The molecule has 0 bridgehead atoms. The summed E-state index contributed by atoms with van der Waals surface area (Å²) in [6.45, 7) is 2.38. The van der Waals surface area contributed by atoms with E-state index >= 15 is 0 Å². The molecule has 2 heterocycles. The van der Waals surface area contributed by atoms with Gasteiger partial charge in [-0.3, -0.25) is 4.79 Å². The molecule has 0 atom stereocenters. The Morgan fingerprint density at radius 1 is 1.15 bits per heavy atom. The summed E-state index contributed by atoms with van der Waals surface area (Å²) >= 11 is 0. The molecule has 2 aliphatic rings. The minimum atomic E-state index is -1.12. The predicted molar refractivity (Wildman–Crippen MR) is 127 cm³/mol. The van der Waals surface area contributed by atoms with Crippen LogP contribution in [0.25, 0.3) is 22.4 Å². The monoisotopic (exact) mass is 459 g/mol. The number of hydrogen-bond donors (Lipinski definition) is 3. The zero-order valence-electron chi connectivity index (χ0n) is 18.7. The average molecular weight is 460 g/mol. The van der Waals surface area contributed by atoms with E-state index < -0.39 is 17.7 Å². The number of carbonyl (C=O) groups is 2. The van der Waals surface area contributed by atoms with Gasteiger partial charge in [-0.15, -0.1) is 0 Å². The third-order valence-corrected chi connectivity index (χ3v) is 6.52. The van der Waals surface area contributed by atoms with Crippen molar-refractivity contribution in [2.24, 2.45) is 0 Å². The van der Waals surface area contributed by atoms with Crippen LogP contribution in [0.2, 0.25) is 0 Å². The smallest absolute Gasteiger partial charge is 0.405 e. The van der Waals surface area contributed by atoms with Crippen LogP contribution in [0, 0.1) is 0 Å². The number of fused-ring (bicyclic) bond motifs is 1. The fraction of sp³-hybridized carbons (Fsp3) is 0.269. The van der Waals surface area contributed by atoms with Gasteiger partial charge in [0.1, 0.15) is 5.69 Å². The van der Waals surface area contributed by atoms with Gasteiger partial charge in [0, 0.05) is 30.5 Å². The Hall–Kier alpha value is -3.91. The standard InChI is InChI=1S/C26H25N3O5/c1-2-29-21-12-20(16-6-4-3-5-7-16)23(27-24(21)34-15-22(29)31)17-8-10-18(11-9-17)26(28-25(32)33)13-19(30)14-26/h3-12,19,28,30H,2,13-15H2,1H3,(H,32,33).